The Hall–Kier alpha value is -1.57. The Balaban J connectivity index is 2.66. The highest BCUT2D eigenvalue weighted by Crippen LogP contribution is 2.21. The molecule has 0 saturated heterocycles. The summed E-state index contributed by atoms with van der Waals surface area (Å²) in [5, 5.41) is 1.71. The van der Waals surface area contributed by atoms with Gasteiger partial charge in [0.05, 0.1) is 6.04 Å². The molecule has 0 spiro atoms. The third-order valence-corrected chi connectivity index (χ3v) is 2.75. The van der Waals surface area contributed by atoms with Gasteiger partial charge in [-0.25, -0.2) is 4.98 Å². The van der Waals surface area contributed by atoms with Crippen molar-refractivity contribution in [2.45, 2.75) is 32.5 Å². The van der Waals surface area contributed by atoms with Gasteiger partial charge in [0.2, 0.25) is 5.89 Å². The predicted molar refractivity (Wildman–Crippen MR) is 61.3 cm³/mol. The first-order valence-corrected chi connectivity index (χ1v) is 5.80. The molecule has 0 saturated carbocycles. The SMILES string of the molecule is CCC(C)C(N)c1nc(C(=O)NCC(F)(F)F)co1. The van der Waals surface area contributed by atoms with Crippen LogP contribution in [0, 0.1) is 5.92 Å². The van der Waals surface area contributed by atoms with E-state index in [0.29, 0.717) is 0 Å². The number of nitrogens with zero attached hydrogens (tertiary/aromatic N) is 1. The van der Waals surface area contributed by atoms with Crippen molar-refractivity contribution in [3.8, 4) is 0 Å². The van der Waals surface area contributed by atoms with Crippen LogP contribution >= 0.6 is 0 Å². The lowest BCUT2D eigenvalue weighted by molar-refractivity contribution is -0.123. The summed E-state index contributed by atoms with van der Waals surface area (Å²) in [6, 6.07) is -0.492. The molecule has 1 heterocycles. The minimum Gasteiger partial charge on any atom is -0.446 e. The first kappa shape index (κ1) is 15.5. The van der Waals surface area contributed by atoms with E-state index < -0.39 is 24.7 Å². The quantitative estimate of drug-likeness (QED) is 0.864. The van der Waals surface area contributed by atoms with E-state index in [2.05, 4.69) is 4.98 Å². The van der Waals surface area contributed by atoms with Crippen LogP contribution < -0.4 is 11.1 Å². The van der Waals surface area contributed by atoms with E-state index in [1.165, 1.54) is 0 Å². The molecule has 0 aliphatic carbocycles. The van der Waals surface area contributed by atoms with Gasteiger partial charge in [-0.1, -0.05) is 20.3 Å². The highest BCUT2D eigenvalue weighted by molar-refractivity contribution is 5.91. The number of hydrogen-bond acceptors (Lipinski definition) is 4. The number of alkyl halides is 3. The van der Waals surface area contributed by atoms with Crippen LogP contribution in [0.15, 0.2) is 10.7 Å². The van der Waals surface area contributed by atoms with E-state index in [-0.39, 0.29) is 17.5 Å². The maximum absolute atomic E-state index is 11.9. The lowest BCUT2D eigenvalue weighted by Crippen LogP contribution is -2.34. The maximum atomic E-state index is 11.9. The smallest absolute Gasteiger partial charge is 0.405 e. The van der Waals surface area contributed by atoms with Crippen LogP contribution in [0.5, 0.6) is 0 Å². The van der Waals surface area contributed by atoms with Crippen LogP contribution in [0.4, 0.5) is 13.2 Å². The third kappa shape index (κ3) is 4.55. The molecule has 108 valence electrons. The molecular formula is C11H16F3N3O2. The summed E-state index contributed by atoms with van der Waals surface area (Å²) < 4.78 is 40.8. The highest BCUT2D eigenvalue weighted by Gasteiger charge is 2.29. The molecule has 0 bridgehead atoms. The average molecular weight is 279 g/mol. The van der Waals surface area contributed by atoms with Crippen LogP contribution in [0.2, 0.25) is 0 Å². The van der Waals surface area contributed by atoms with Crippen LogP contribution in [0.3, 0.4) is 0 Å². The fourth-order valence-corrected chi connectivity index (χ4v) is 1.31. The van der Waals surface area contributed by atoms with Crippen LogP contribution in [0.25, 0.3) is 0 Å². The molecule has 8 heteroatoms. The number of halogens is 3. The average Bonchev–Trinajstić information content (AvgIpc) is 2.82. The second kappa shape index (κ2) is 6.05. The van der Waals surface area contributed by atoms with Gasteiger partial charge in [0.25, 0.3) is 5.91 Å². The Labute approximate surface area is 108 Å². The first-order valence-electron chi connectivity index (χ1n) is 5.80. The van der Waals surface area contributed by atoms with E-state index in [9.17, 15) is 18.0 Å². The zero-order valence-electron chi connectivity index (χ0n) is 10.6. The molecular weight excluding hydrogens is 263 g/mol. The van der Waals surface area contributed by atoms with Crippen molar-refractivity contribution < 1.29 is 22.4 Å². The number of aromatic nitrogens is 1. The van der Waals surface area contributed by atoms with Gasteiger partial charge in [-0.15, -0.1) is 0 Å². The lowest BCUT2D eigenvalue weighted by Gasteiger charge is -2.13. The van der Waals surface area contributed by atoms with E-state index in [1.807, 2.05) is 13.8 Å². The predicted octanol–water partition coefficient (Wildman–Crippen LogP) is 2.01. The normalized spacial score (nSPS) is 15.1. The summed E-state index contributed by atoms with van der Waals surface area (Å²) in [6.45, 7) is 2.41. The Morgan fingerprint density at radius 2 is 2.21 bits per heavy atom. The number of carbonyl (C=O) groups excluding carboxylic acids is 1. The van der Waals surface area contributed by atoms with Gasteiger partial charge < -0.3 is 15.5 Å². The van der Waals surface area contributed by atoms with Gasteiger partial charge in [0.1, 0.15) is 12.8 Å². The molecule has 1 amide bonds. The number of rotatable bonds is 5. The molecule has 0 radical (unpaired) electrons. The summed E-state index contributed by atoms with van der Waals surface area (Å²) in [6.07, 6.45) is -2.67. The van der Waals surface area contributed by atoms with Crippen molar-refractivity contribution in [3.63, 3.8) is 0 Å². The molecule has 1 rings (SSSR count). The molecule has 1 aromatic heterocycles. The van der Waals surface area contributed by atoms with Crippen molar-refractivity contribution in [1.82, 2.24) is 10.3 Å². The largest absolute Gasteiger partial charge is 0.446 e. The Kier molecular flexibility index (Phi) is 4.93. The number of amides is 1. The van der Waals surface area contributed by atoms with Crippen LogP contribution in [0.1, 0.15) is 42.7 Å². The zero-order valence-corrected chi connectivity index (χ0v) is 10.6. The number of carbonyl (C=O) groups is 1. The van der Waals surface area contributed by atoms with E-state index in [1.54, 1.807) is 5.32 Å². The maximum Gasteiger partial charge on any atom is 0.405 e. The Bertz CT molecular complexity index is 431. The van der Waals surface area contributed by atoms with Crippen molar-refractivity contribution in [2.75, 3.05) is 6.54 Å². The van der Waals surface area contributed by atoms with Gasteiger partial charge in [-0.2, -0.15) is 13.2 Å². The fourth-order valence-electron chi connectivity index (χ4n) is 1.31. The molecule has 0 aliphatic rings. The molecule has 2 atom stereocenters. The van der Waals surface area contributed by atoms with Gasteiger partial charge in [0.15, 0.2) is 5.69 Å². The van der Waals surface area contributed by atoms with Crippen molar-refractivity contribution in [3.05, 3.63) is 17.8 Å². The molecule has 3 N–H and O–H groups in total. The number of hydrogen-bond donors (Lipinski definition) is 2. The molecule has 0 aromatic carbocycles. The molecule has 0 fully saturated rings. The Morgan fingerprint density at radius 1 is 1.58 bits per heavy atom. The summed E-state index contributed by atoms with van der Waals surface area (Å²) in [4.78, 5) is 15.2. The molecule has 5 nitrogen and oxygen atoms in total. The van der Waals surface area contributed by atoms with Gasteiger partial charge in [0, 0.05) is 0 Å². The molecule has 0 aliphatic heterocycles. The fraction of sp³-hybridized carbons (Fsp3) is 0.636. The molecule has 19 heavy (non-hydrogen) atoms. The number of nitrogens with two attached hydrogens (primary N) is 1. The Morgan fingerprint density at radius 3 is 2.74 bits per heavy atom. The standard InChI is InChI=1S/C11H16F3N3O2/c1-3-6(2)8(15)10-17-7(4-19-10)9(18)16-5-11(12,13)14/h4,6,8H,3,5,15H2,1-2H3,(H,16,18). The van der Waals surface area contributed by atoms with E-state index in [4.69, 9.17) is 10.2 Å². The molecule has 2 unspecified atom stereocenters. The second-order valence-corrected chi connectivity index (χ2v) is 4.28. The zero-order chi connectivity index (χ0) is 14.6. The second-order valence-electron chi connectivity index (χ2n) is 4.28. The highest BCUT2D eigenvalue weighted by atomic mass is 19.4. The van der Waals surface area contributed by atoms with Crippen LogP contribution in [-0.4, -0.2) is 23.6 Å². The minimum atomic E-state index is -4.46. The molecule has 1 aromatic rings. The summed E-state index contributed by atoms with van der Waals surface area (Å²) >= 11 is 0. The van der Waals surface area contributed by atoms with Gasteiger partial charge in [-0.05, 0) is 5.92 Å². The van der Waals surface area contributed by atoms with Crippen LogP contribution in [-0.2, 0) is 0 Å². The minimum absolute atomic E-state index is 0.0877. The van der Waals surface area contributed by atoms with Crippen molar-refractivity contribution >= 4 is 5.91 Å². The van der Waals surface area contributed by atoms with E-state index in [0.717, 1.165) is 12.7 Å². The summed E-state index contributed by atoms with van der Waals surface area (Å²) in [5.41, 5.74) is 5.63. The number of nitrogens with one attached hydrogen (secondary N) is 1. The van der Waals surface area contributed by atoms with Gasteiger partial charge in [-0.3, -0.25) is 4.79 Å². The topological polar surface area (TPSA) is 81.1 Å². The summed E-state index contributed by atoms with van der Waals surface area (Å²) in [5.74, 6) is -0.708. The van der Waals surface area contributed by atoms with Crippen molar-refractivity contribution in [1.29, 1.82) is 0 Å². The van der Waals surface area contributed by atoms with E-state index >= 15 is 0 Å². The van der Waals surface area contributed by atoms with Crippen molar-refractivity contribution in [2.24, 2.45) is 11.7 Å². The monoisotopic (exact) mass is 279 g/mol. The number of oxazole rings is 1. The third-order valence-electron chi connectivity index (χ3n) is 2.75. The van der Waals surface area contributed by atoms with Gasteiger partial charge >= 0.3 is 6.18 Å². The lowest BCUT2D eigenvalue weighted by atomic mass is 10.0. The summed E-state index contributed by atoms with van der Waals surface area (Å²) in [7, 11) is 0. The first-order chi connectivity index (χ1) is 8.74.